The van der Waals surface area contributed by atoms with E-state index in [1.165, 1.54) is 44.1 Å². The largest absolute Gasteiger partial charge is 0.355 e. The van der Waals surface area contributed by atoms with E-state index in [2.05, 4.69) is 20.4 Å². The Labute approximate surface area is 145 Å². The van der Waals surface area contributed by atoms with Gasteiger partial charge >= 0.3 is 0 Å². The normalized spacial score (nSPS) is 15.9. The summed E-state index contributed by atoms with van der Waals surface area (Å²) in [5, 5.41) is 11.2. The molecule has 1 saturated heterocycles. The fourth-order valence-corrected chi connectivity index (χ4v) is 5.12. The number of likely N-dealkylation sites (tertiary alicyclic amines) is 1. The fraction of sp³-hybridized carbons (Fsp3) is 0.786. The highest BCUT2D eigenvalue weighted by molar-refractivity contribution is 8.03. The maximum absolute atomic E-state index is 11.5. The van der Waals surface area contributed by atoms with Crippen LogP contribution in [0.15, 0.2) is 8.68 Å². The van der Waals surface area contributed by atoms with Crippen molar-refractivity contribution in [3.8, 4) is 0 Å². The topological polar surface area (TPSA) is 58.1 Å². The maximum Gasteiger partial charge on any atom is 0.230 e. The summed E-state index contributed by atoms with van der Waals surface area (Å²) in [6, 6.07) is 0. The van der Waals surface area contributed by atoms with E-state index in [0.717, 1.165) is 33.9 Å². The van der Waals surface area contributed by atoms with E-state index in [1.807, 2.05) is 6.92 Å². The van der Waals surface area contributed by atoms with Crippen molar-refractivity contribution in [2.24, 2.45) is 0 Å². The van der Waals surface area contributed by atoms with Gasteiger partial charge in [-0.15, -0.1) is 10.2 Å². The van der Waals surface area contributed by atoms with Crippen molar-refractivity contribution in [2.45, 2.75) is 41.3 Å². The number of aromatic nitrogens is 2. The molecule has 1 aliphatic heterocycles. The van der Waals surface area contributed by atoms with Gasteiger partial charge in [0.15, 0.2) is 8.68 Å². The summed E-state index contributed by atoms with van der Waals surface area (Å²) in [6.45, 7) is 6.40. The third-order valence-corrected chi connectivity index (χ3v) is 6.54. The predicted octanol–water partition coefficient (Wildman–Crippen LogP) is 2.73. The van der Waals surface area contributed by atoms with Crippen LogP contribution < -0.4 is 5.32 Å². The van der Waals surface area contributed by atoms with Crippen LogP contribution in [-0.2, 0) is 4.79 Å². The first kappa shape index (κ1) is 18.0. The molecule has 0 aliphatic carbocycles. The second-order valence-electron chi connectivity index (χ2n) is 5.22. The molecule has 5 nitrogen and oxygen atoms in total. The molecule has 0 atom stereocenters. The Morgan fingerprint density at radius 2 is 1.95 bits per heavy atom. The minimum Gasteiger partial charge on any atom is -0.355 e. The van der Waals surface area contributed by atoms with E-state index in [0.29, 0.717) is 5.75 Å². The molecule has 2 rings (SSSR count). The van der Waals surface area contributed by atoms with E-state index in [9.17, 15) is 4.79 Å². The Hall–Kier alpha value is -0.310. The van der Waals surface area contributed by atoms with Crippen LogP contribution in [0, 0.1) is 0 Å². The minimum atomic E-state index is 0.0707. The van der Waals surface area contributed by atoms with Gasteiger partial charge in [0, 0.05) is 18.8 Å². The Kier molecular flexibility index (Phi) is 8.58. The Balaban J connectivity index is 1.62. The van der Waals surface area contributed by atoms with Gasteiger partial charge in [-0.05, 0) is 32.4 Å². The molecular formula is C14H24N4OS3. The van der Waals surface area contributed by atoms with Crippen LogP contribution in [-0.4, -0.2) is 58.7 Å². The van der Waals surface area contributed by atoms with E-state index >= 15 is 0 Å². The molecule has 0 aromatic carbocycles. The third-order valence-electron chi connectivity index (χ3n) is 3.37. The van der Waals surface area contributed by atoms with Crippen molar-refractivity contribution >= 4 is 40.8 Å². The Morgan fingerprint density at radius 3 is 2.68 bits per heavy atom. The van der Waals surface area contributed by atoms with Crippen LogP contribution in [0.4, 0.5) is 0 Å². The molecule has 124 valence electrons. The summed E-state index contributed by atoms with van der Waals surface area (Å²) < 4.78 is 1.89. The quantitative estimate of drug-likeness (QED) is 0.683. The van der Waals surface area contributed by atoms with Crippen molar-refractivity contribution < 1.29 is 4.79 Å². The van der Waals surface area contributed by atoms with Gasteiger partial charge in [0.05, 0.1) is 5.75 Å². The molecule has 0 bridgehead atoms. The van der Waals surface area contributed by atoms with Crippen LogP contribution in [0.5, 0.6) is 0 Å². The number of piperidine rings is 1. The highest BCUT2D eigenvalue weighted by Gasteiger charge is 2.11. The van der Waals surface area contributed by atoms with Gasteiger partial charge < -0.3 is 10.2 Å². The molecular weight excluding hydrogens is 336 g/mol. The summed E-state index contributed by atoms with van der Waals surface area (Å²) in [4.78, 5) is 14.1. The average Bonchev–Trinajstić information content (AvgIpc) is 3.00. The molecule has 1 fully saturated rings. The van der Waals surface area contributed by atoms with Gasteiger partial charge in [0.25, 0.3) is 0 Å². The van der Waals surface area contributed by atoms with Gasteiger partial charge in [-0.25, -0.2) is 0 Å². The van der Waals surface area contributed by atoms with Crippen LogP contribution in [0.2, 0.25) is 0 Å². The number of hydrogen-bond donors (Lipinski definition) is 1. The molecule has 8 heteroatoms. The van der Waals surface area contributed by atoms with Gasteiger partial charge in [-0.1, -0.05) is 48.2 Å². The number of nitrogens with zero attached hydrogens (tertiary/aromatic N) is 3. The van der Waals surface area contributed by atoms with Crippen molar-refractivity contribution in [1.29, 1.82) is 0 Å². The zero-order chi connectivity index (χ0) is 15.6. The summed E-state index contributed by atoms with van der Waals surface area (Å²) in [5.74, 6) is 1.56. The monoisotopic (exact) mass is 360 g/mol. The number of carbonyl (C=O) groups excluding carboxylic acids is 1. The molecule has 22 heavy (non-hydrogen) atoms. The Bertz CT molecular complexity index is 449. The highest BCUT2D eigenvalue weighted by Crippen LogP contribution is 2.28. The maximum atomic E-state index is 11.5. The zero-order valence-electron chi connectivity index (χ0n) is 13.0. The fourth-order valence-electron chi connectivity index (χ4n) is 2.20. The average molecular weight is 361 g/mol. The van der Waals surface area contributed by atoms with Crippen molar-refractivity contribution in [1.82, 2.24) is 20.4 Å². The summed E-state index contributed by atoms with van der Waals surface area (Å²) in [5.41, 5.74) is 0. The lowest BCUT2D eigenvalue weighted by atomic mass is 10.1. The van der Waals surface area contributed by atoms with Crippen molar-refractivity contribution in [2.75, 3.05) is 37.7 Å². The second kappa shape index (κ2) is 10.5. The van der Waals surface area contributed by atoms with E-state index in [1.54, 1.807) is 23.1 Å². The first-order chi connectivity index (χ1) is 10.8. The lowest BCUT2D eigenvalue weighted by molar-refractivity contribution is -0.118. The highest BCUT2D eigenvalue weighted by atomic mass is 32.2. The van der Waals surface area contributed by atoms with Gasteiger partial charge in [-0.2, -0.15) is 0 Å². The van der Waals surface area contributed by atoms with Crippen molar-refractivity contribution in [3.63, 3.8) is 0 Å². The molecule has 1 aromatic heterocycles. The van der Waals surface area contributed by atoms with Gasteiger partial charge in [-0.3, -0.25) is 4.79 Å². The molecule has 1 aromatic rings. The van der Waals surface area contributed by atoms with E-state index in [4.69, 9.17) is 0 Å². The number of rotatable bonds is 9. The van der Waals surface area contributed by atoms with Crippen molar-refractivity contribution in [3.05, 3.63) is 0 Å². The summed E-state index contributed by atoms with van der Waals surface area (Å²) in [6.07, 6.45) is 5.02. The molecule has 1 N–H and O–H groups in total. The number of amides is 1. The zero-order valence-corrected chi connectivity index (χ0v) is 15.5. The van der Waals surface area contributed by atoms with Crippen LogP contribution >= 0.6 is 34.9 Å². The van der Waals surface area contributed by atoms with E-state index < -0.39 is 0 Å². The molecule has 0 spiro atoms. The minimum absolute atomic E-state index is 0.0707. The molecule has 1 aliphatic rings. The first-order valence-electron chi connectivity index (χ1n) is 7.86. The van der Waals surface area contributed by atoms with Gasteiger partial charge in [0.2, 0.25) is 5.91 Å². The molecule has 1 amide bonds. The standard InChI is InChI=1S/C14H24N4OS3/c1-2-6-15-12(19)11-21-14-17-16-13(22-14)20-10-9-18-7-4-3-5-8-18/h2-11H2,1H3,(H,15,19). The molecule has 0 radical (unpaired) electrons. The number of hydrogen-bond acceptors (Lipinski definition) is 7. The van der Waals surface area contributed by atoms with E-state index in [-0.39, 0.29) is 5.91 Å². The third kappa shape index (κ3) is 6.85. The lowest BCUT2D eigenvalue weighted by Gasteiger charge is -2.25. The number of nitrogens with one attached hydrogen (secondary N) is 1. The number of thioether (sulfide) groups is 2. The molecule has 0 unspecified atom stereocenters. The summed E-state index contributed by atoms with van der Waals surface area (Å²) in [7, 11) is 0. The first-order valence-corrected chi connectivity index (χ1v) is 10.6. The second-order valence-corrected chi connectivity index (χ2v) is 8.77. The van der Waals surface area contributed by atoms with Crippen LogP contribution in [0.1, 0.15) is 32.6 Å². The summed E-state index contributed by atoms with van der Waals surface area (Å²) >= 11 is 4.83. The molecule has 0 saturated carbocycles. The smallest absolute Gasteiger partial charge is 0.230 e. The Morgan fingerprint density at radius 1 is 1.23 bits per heavy atom. The molecule has 2 heterocycles. The lowest BCUT2D eigenvalue weighted by Crippen LogP contribution is -2.31. The predicted molar refractivity (Wildman–Crippen MR) is 94.9 cm³/mol. The van der Waals surface area contributed by atoms with Crippen LogP contribution in [0.25, 0.3) is 0 Å². The van der Waals surface area contributed by atoms with Gasteiger partial charge in [0.1, 0.15) is 0 Å². The number of carbonyl (C=O) groups is 1. The van der Waals surface area contributed by atoms with Crippen LogP contribution in [0.3, 0.4) is 0 Å². The SMILES string of the molecule is CCCNC(=O)CSc1nnc(SCCN2CCCCC2)s1.